The van der Waals surface area contributed by atoms with E-state index >= 15 is 0 Å². The van der Waals surface area contributed by atoms with Gasteiger partial charge in [-0.05, 0) is 17.7 Å². The summed E-state index contributed by atoms with van der Waals surface area (Å²) in [5, 5.41) is 9.15. The van der Waals surface area contributed by atoms with Crippen LogP contribution in [0.3, 0.4) is 0 Å². The van der Waals surface area contributed by atoms with E-state index in [9.17, 15) is 4.79 Å². The Bertz CT molecular complexity index is 417. The minimum Gasteiger partial charge on any atom is -0.422 e. The van der Waals surface area contributed by atoms with E-state index in [4.69, 9.17) is 10.00 Å². The standard InChI is InChI=1S/C11H8BrNO2/c1-8(7-13)11(14)15-10-4-2-9(6-12)3-5-10/h2-5H,1,6H2. The van der Waals surface area contributed by atoms with Gasteiger partial charge in [-0.2, -0.15) is 5.26 Å². The summed E-state index contributed by atoms with van der Waals surface area (Å²) in [6, 6.07) is 8.61. The average molecular weight is 266 g/mol. The highest BCUT2D eigenvalue weighted by atomic mass is 79.9. The van der Waals surface area contributed by atoms with Crippen LogP contribution in [-0.2, 0) is 10.1 Å². The van der Waals surface area contributed by atoms with Crippen molar-refractivity contribution in [3.8, 4) is 11.8 Å². The molecular weight excluding hydrogens is 258 g/mol. The Kier molecular flexibility index (Phi) is 4.07. The van der Waals surface area contributed by atoms with Crippen LogP contribution in [0.2, 0.25) is 0 Å². The van der Waals surface area contributed by atoms with Crippen LogP contribution in [-0.4, -0.2) is 5.97 Å². The first kappa shape index (κ1) is 11.5. The number of hydrogen-bond acceptors (Lipinski definition) is 3. The molecule has 1 aromatic carbocycles. The monoisotopic (exact) mass is 265 g/mol. The number of benzene rings is 1. The van der Waals surface area contributed by atoms with Gasteiger partial charge in [-0.3, -0.25) is 0 Å². The molecule has 0 aliphatic carbocycles. The number of nitriles is 1. The Balaban J connectivity index is 2.70. The maximum absolute atomic E-state index is 11.1. The second-order valence-corrected chi connectivity index (χ2v) is 3.32. The minimum atomic E-state index is -0.718. The molecule has 0 atom stereocenters. The summed E-state index contributed by atoms with van der Waals surface area (Å²) in [5.41, 5.74) is 0.869. The zero-order chi connectivity index (χ0) is 11.3. The van der Waals surface area contributed by atoms with E-state index in [1.54, 1.807) is 18.2 Å². The molecule has 0 aliphatic heterocycles. The first-order valence-electron chi connectivity index (χ1n) is 4.13. The smallest absolute Gasteiger partial charge is 0.353 e. The van der Waals surface area contributed by atoms with Crippen molar-refractivity contribution in [2.24, 2.45) is 0 Å². The quantitative estimate of drug-likeness (QED) is 0.278. The molecule has 1 aromatic rings. The highest BCUT2D eigenvalue weighted by molar-refractivity contribution is 9.08. The Labute approximate surface area is 96.1 Å². The van der Waals surface area contributed by atoms with E-state index in [-0.39, 0.29) is 5.57 Å². The molecule has 0 fully saturated rings. The van der Waals surface area contributed by atoms with Gasteiger partial charge in [0.15, 0.2) is 0 Å². The van der Waals surface area contributed by atoms with Crippen LogP contribution < -0.4 is 4.74 Å². The number of hydrogen-bond donors (Lipinski definition) is 0. The molecule has 4 heteroatoms. The number of nitrogens with zero attached hydrogens (tertiary/aromatic N) is 1. The summed E-state index contributed by atoms with van der Waals surface area (Å²) in [7, 11) is 0. The Morgan fingerprint density at radius 2 is 2.07 bits per heavy atom. The van der Waals surface area contributed by atoms with Crippen LogP contribution in [0.15, 0.2) is 36.4 Å². The van der Waals surface area contributed by atoms with Crippen molar-refractivity contribution >= 4 is 21.9 Å². The molecule has 0 amide bonds. The molecule has 0 aromatic heterocycles. The molecular formula is C11H8BrNO2. The fourth-order valence-electron chi connectivity index (χ4n) is 0.861. The van der Waals surface area contributed by atoms with Gasteiger partial charge in [-0.1, -0.05) is 34.6 Å². The van der Waals surface area contributed by atoms with Crippen molar-refractivity contribution in [3.05, 3.63) is 42.0 Å². The van der Waals surface area contributed by atoms with Gasteiger partial charge >= 0.3 is 5.97 Å². The zero-order valence-corrected chi connectivity index (χ0v) is 9.45. The fourth-order valence-corrected chi connectivity index (χ4v) is 1.23. The summed E-state index contributed by atoms with van der Waals surface area (Å²) < 4.78 is 4.89. The first-order chi connectivity index (χ1) is 7.17. The van der Waals surface area contributed by atoms with Crippen molar-refractivity contribution < 1.29 is 9.53 Å². The lowest BCUT2D eigenvalue weighted by molar-refractivity contribution is -0.129. The molecule has 0 radical (unpaired) electrons. The molecule has 0 saturated carbocycles. The van der Waals surface area contributed by atoms with Gasteiger partial charge in [0.25, 0.3) is 0 Å². The molecule has 0 unspecified atom stereocenters. The number of rotatable bonds is 3. The summed E-state index contributed by atoms with van der Waals surface area (Å²) in [4.78, 5) is 11.1. The van der Waals surface area contributed by atoms with Gasteiger partial charge in [0.05, 0.1) is 0 Å². The van der Waals surface area contributed by atoms with Gasteiger partial charge in [0.1, 0.15) is 17.4 Å². The maximum atomic E-state index is 11.1. The summed E-state index contributed by atoms with van der Waals surface area (Å²) >= 11 is 3.30. The highest BCUT2D eigenvalue weighted by Crippen LogP contribution is 2.14. The number of halogens is 1. The first-order valence-corrected chi connectivity index (χ1v) is 5.25. The Morgan fingerprint density at radius 3 is 2.53 bits per heavy atom. The topological polar surface area (TPSA) is 50.1 Å². The third-order valence-electron chi connectivity index (χ3n) is 1.67. The van der Waals surface area contributed by atoms with Crippen molar-refractivity contribution in [3.63, 3.8) is 0 Å². The van der Waals surface area contributed by atoms with Gasteiger partial charge in [-0.15, -0.1) is 0 Å². The number of carbonyl (C=O) groups is 1. The van der Waals surface area contributed by atoms with Crippen LogP contribution >= 0.6 is 15.9 Å². The zero-order valence-electron chi connectivity index (χ0n) is 7.87. The number of esters is 1. The lowest BCUT2D eigenvalue weighted by atomic mass is 10.2. The fraction of sp³-hybridized carbons (Fsp3) is 0.0909. The van der Waals surface area contributed by atoms with Gasteiger partial charge in [-0.25, -0.2) is 4.79 Å². The van der Waals surface area contributed by atoms with E-state index < -0.39 is 5.97 Å². The molecule has 0 heterocycles. The van der Waals surface area contributed by atoms with Crippen LogP contribution in [0, 0.1) is 11.3 Å². The third-order valence-corrected chi connectivity index (χ3v) is 2.32. The van der Waals surface area contributed by atoms with Crippen LogP contribution in [0.5, 0.6) is 5.75 Å². The lowest BCUT2D eigenvalue weighted by Gasteiger charge is -2.02. The third kappa shape index (κ3) is 3.22. The molecule has 0 saturated heterocycles. The molecule has 3 nitrogen and oxygen atoms in total. The maximum Gasteiger partial charge on any atom is 0.353 e. The molecule has 15 heavy (non-hydrogen) atoms. The molecule has 1 rings (SSSR count). The van der Waals surface area contributed by atoms with Gasteiger partial charge in [0, 0.05) is 5.33 Å². The summed E-state index contributed by atoms with van der Waals surface area (Å²) in [6.07, 6.45) is 0. The van der Waals surface area contributed by atoms with E-state index in [2.05, 4.69) is 22.5 Å². The molecule has 0 bridgehead atoms. The van der Waals surface area contributed by atoms with Crippen LogP contribution in [0.1, 0.15) is 5.56 Å². The SMILES string of the molecule is C=C(C#N)C(=O)Oc1ccc(CBr)cc1. The second kappa shape index (κ2) is 5.32. The van der Waals surface area contributed by atoms with E-state index in [0.29, 0.717) is 5.75 Å². The van der Waals surface area contributed by atoms with Crippen molar-refractivity contribution in [1.82, 2.24) is 0 Å². The normalized spacial score (nSPS) is 9.07. The van der Waals surface area contributed by atoms with Crippen molar-refractivity contribution in [2.75, 3.05) is 0 Å². The van der Waals surface area contributed by atoms with E-state index in [1.807, 2.05) is 12.1 Å². The number of carbonyl (C=O) groups excluding carboxylic acids is 1. The predicted octanol–water partition coefficient (Wildman–Crippen LogP) is 2.57. The van der Waals surface area contributed by atoms with Crippen molar-refractivity contribution in [1.29, 1.82) is 5.26 Å². The van der Waals surface area contributed by atoms with Crippen LogP contribution in [0.4, 0.5) is 0 Å². The largest absolute Gasteiger partial charge is 0.422 e. The predicted molar refractivity (Wildman–Crippen MR) is 59.5 cm³/mol. The second-order valence-electron chi connectivity index (χ2n) is 2.76. The Morgan fingerprint density at radius 1 is 1.47 bits per heavy atom. The Hall–Kier alpha value is -1.60. The highest BCUT2D eigenvalue weighted by Gasteiger charge is 2.08. The van der Waals surface area contributed by atoms with Crippen molar-refractivity contribution in [2.45, 2.75) is 5.33 Å². The lowest BCUT2D eigenvalue weighted by Crippen LogP contribution is -2.08. The minimum absolute atomic E-state index is 0.209. The molecule has 0 spiro atoms. The molecule has 76 valence electrons. The molecule has 0 aliphatic rings. The average Bonchev–Trinajstić information content (AvgIpc) is 2.29. The van der Waals surface area contributed by atoms with Gasteiger partial charge < -0.3 is 4.74 Å². The molecule has 0 N–H and O–H groups in total. The van der Waals surface area contributed by atoms with E-state index in [1.165, 1.54) is 0 Å². The van der Waals surface area contributed by atoms with E-state index in [0.717, 1.165) is 10.9 Å². The van der Waals surface area contributed by atoms with Gasteiger partial charge in [0.2, 0.25) is 0 Å². The summed E-state index contributed by atoms with van der Waals surface area (Å²) in [5.74, 6) is -0.315. The van der Waals surface area contributed by atoms with Crippen LogP contribution in [0.25, 0.3) is 0 Å². The number of ether oxygens (including phenoxy) is 1. The number of alkyl halides is 1. The summed E-state index contributed by atoms with van der Waals surface area (Å²) in [6.45, 7) is 3.26.